The van der Waals surface area contributed by atoms with Crippen molar-refractivity contribution in [1.29, 1.82) is 31.6 Å². The fourth-order valence-corrected chi connectivity index (χ4v) is 6.45. The van der Waals surface area contributed by atoms with Crippen LogP contribution in [0.3, 0.4) is 0 Å². The summed E-state index contributed by atoms with van der Waals surface area (Å²) in [5, 5.41) is 57.2. The Bertz CT molecular complexity index is 2660. The van der Waals surface area contributed by atoms with Gasteiger partial charge in [-0.25, -0.2) is 4.79 Å². The number of imidazole rings is 1. The summed E-state index contributed by atoms with van der Waals surface area (Å²) in [6.45, 7) is 0. The highest BCUT2D eigenvalue weighted by Crippen LogP contribution is 2.33. The summed E-state index contributed by atoms with van der Waals surface area (Å²) in [6.07, 6.45) is 3.42. The number of benzene rings is 6. The predicted octanol–water partition coefficient (Wildman–Crippen LogP) is 8.53. The van der Waals surface area contributed by atoms with Gasteiger partial charge in [0.2, 0.25) is 0 Å². The fourth-order valence-electron chi connectivity index (χ4n) is 6.45. The van der Waals surface area contributed by atoms with E-state index in [9.17, 15) is 36.4 Å². The first-order valence-electron chi connectivity index (χ1n) is 16.4. The lowest BCUT2D eigenvalue weighted by Crippen LogP contribution is -2.21. The molecule has 0 aliphatic rings. The van der Waals surface area contributed by atoms with Crippen LogP contribution < -0.4 is 5.69 Å². The van der Waals surface area contributed by atoms with Crippen LogP contribution in [0.1, 0.15) is 33.4 Å². The molecule has 1 heterocycles. The topological polar surface area (TPSA) is 170 Å². The smallest absolute Gasteiger partial charge is 0.268 e. The number of hydrogen-bond acceptors (Lipinski definition) is 7. The molecule has 54 heavy (non-hydrogen) atoms. The standard InChI is InChI=1S/C45H22N8O/c46-23-29-19-37(25-48)43(38(20-29)26-49)35-5-1-31(2-6-35)33-9-13-41(14-10-33)52-17-18-53(45(52)54)42-15-11-34(12-16-42)32-3-7-36(8-4-32)44-39(27-50)21-30(24-47)22-40(44)28-51/h1-22H. The van der Waals surface area contributed by atoms with Gasteiger partial charge in [0.15, 0.2) is 0 Å². The van der Waals surface area contributed by atoms with E-state index in [0.29, 0.717) is 33.6 Å². The summed E-state index contributed by atoms with van der Waals surface area (Å²) in [5.74, 6) is 0. The van der Waals surface area contributed by atoms with Crippen LogP contribution in [-0.4, -0.2) is 9.13 Å². The Hall–Kier alpha value is -8.73. The van der Waals surface area contributed by atoms with Gasteiger partial charge in [-0.1, -0.05) is 72.8 Å². The molecule has 9 heteroatoms. The van der Waals surface area contributed by atoms with Crippen LogP contribution in [0.15, 0.2) is 139 Å². The van der Waals surface area contributed by atoms with Crippen LogP contribution in [0.4, 0.5) is 0 Å². The number of aromatic nitrogens is 2. The molecule has 0 spiro atoms. The van der Waals surface area contributed by atoms with Crippen molar-refractivity contribution in [2.75, 3.05) is 0 Å². The van der Waals surface area contributed by atoms with Gasteiger partial charge in [-0.05, 0) is 81.9 Å². The minimum Gasteiger partial charge on any atom is -0.268 e. The summed E-state index contributed by atoms with van der Waals surface area (Å²) in [5.41, 5.74) is 8.68. The van der Waals surface area contributed by atoms with Gasteiger partial charge in [0, 0.05) is 23.5 Å². The molecule has 1 aromatic heterocycles. The Morgan fingerprint density at radius 2 is 0.611 bits per heavy atom. The quantitative estimate of drug-likeness (QED) is 0.168. The van der Waals surface area contributed by atoms with E-state index in [-0.39, 0.29) is 39.1 Å². The summed E-state index contributed by atoms with van der Waals surface area (Å²) < 4.78 is 3.12. The maximum absolute atomic E-state index is 13.5. The molecule has 0 radical (unpaired) electrons. The number of nitrogens with zero attached hydrogens (tertiary/aromatic N) is 8. The molecule has 0 aliphatic heterocycles. The third kappa shape index (κ3) is 6.13. The fraction of sp³-hybridized carbons (Fsp3) is 0. The van der Waals surface area contributed by atoms with E-state index in [2.05, 4.69) is 24.3 Å². The average Bonchev–Trinajstić information content (AvgIpc) is 3.63. The van der Waals surface area contributed by atoms with Crippen molar-refractivity contribution >= 4 is 0 Å². The zero-order chi connectivity index (χ0) is 37.8. The molecule has 0 unspecified atom stereocenters. The lowest BCUT2D eigenvalue weighted by molar-refractivity contribution is 0.909. The third-order valence-electron chi connectivity index (χ3n) is 9.10. The molecule has 0 amide bonds. The first-order chi connectivity index (χ1) is 26.4. The number of hydrogen-bond donors (Lipinski definition) is 0. The Kier molecular flexibility index (Phi) is 8.91. The Morgan fingerprint density at radius 3 is 0.870 bits per heavy atom. The van der Waals surface area contributed by atoms with Crippen molar-refractivity contribution in [1.82, 2.24) is 9.13 Å². The van der Waals surface area contributed by atoms with Gasteiger partial charge >= 0.3 is 5.69 Å². The van der Waals surface area contributed by atoms with Gasteiger partial charge in [0.05, 0.1) is 81.2 Å². The molecule has 7 rings (SSSR count). The van der Waals surface area contributed by atoms with E-state index < -0.39 is 0 Å². The molecule has 0 saturated heterocycles. The van der Waals surface area contributed by atoms with Crippen molar-refractivity contribution < 1.29 is 0 Å². The molecule has 0 aliphatic carbocycles. The van der Waals surface area contributed by atoms with E-state index in [1.54, 1.807) is 21.5 Å². The van der Waals surface area contributed by atoms with E-state index in [4.69, 9.17) is 0 Å². The third-order valence-corrected chi connectivity index (χ3v) is 9.10. The summed E-state index contributed by atoms with van der Waals surface area (Å²) >= 11 is 0. The van der Waals surface area contributed by atoms with E-state index in [0.717, 1.165) is 22.3 Å². The van der Waals surface area contributed by atoms with Gasteiger partial charge in [-0.2, -0.15) is 31.6 Å². The highest BCUT2D eigenvalue weighted by Gasteiger charge is 2.16. The van der Waals surface area contributed by atoms with Gasteiger partial charge in [0.25, 0.3) is 0 Å². The molecule has 9 nitrogen and oxygen atoms in total. The molecule has 248 valence electrons. The van der Waals surface area contributed by atoms with Crippen molar-refractivity contribution in [2.45, 2.75) is 0 Å². The van der Waals surface area contributed by atoms with Crippen LogP contribution in [0.2, 0.25) is 0 Å². The normalized spacial score (nSPS) is 10.2. The zero-order valence-electron chi connectivity index (χ0n) is 28.2. The second-order valence-electron chi connectivity index (χ2n) is 12.1. The van der Waals surface area contributed by atoms with Crippen LogP contribution in [0.5, 0.6) is 0 Å². The minimum atomic E-state index is -0.239. The molecule has 0 N–H and O–H groups in total. The van der Waals surface area contributed by atoms with Crippen LogP contribution in [0, 0.1) is 68.0 Å². The molecular formula is C45H22N8O. The summed E-state index contributed by atoms with van der Waals surface area (Å²) in [4.78, 5) is 13.5. The average molecular weight is 691 g/mol. The lowest BCUT2D eigenvalue weighted by Gasteiger charge is -2.10. The molecule has 0 bridgehead atoms. The van der Waals surface area contributed by atoms with Gasteiger partial charge in [-0.15, -0.1) is 0 Å². The Labute approximate surface area is 309 Å². The molecule has 0 fully saturated rings. The first kappa shape index (κ1) is 33.8. The summed E-state index contributed by atoms with van der Waals surface area (Å²) in [7, 11) is 0. The van der Waals surface area contributed by atoms with Crippen molar-refractivity contribution in [3.63, 3.8) is 0 Å². The zero-order valence-corrected chi connectivity index (χ0v) is 28.2. The van der Waals surface area contributed by atoms with Crippen LogP contribution in [0.25, 0.3) is 55.9 Å². The number of rotatable bonds is 6. The van der Waals surface area contributed by atoms with Gasteiger partial charge < -0.3 is 0 Å². The van der Waals surface area contributed by atoms with E-state index in [1.807, 2.05) is 109 Å². The van der Waals surface area contributed by atoms with Gasteiger partial charge in [0.1, 0.15) is 0 Å². The highest BCUT2D eigenvalue weighted by molar-refractivity contribution is 5.81. The molecular weight excluding hydrogens is 669 g/mol. The second kappa shape index (κ2) is 14.2. The number of nitriles is 6. The van der Waals surface area contributed by atoms with E-state index >= 15 is 0 Å². The molecule has 7 aromatic rings. The maximum atomic E-state index is 13.5. The lowest BCUT2D eigenvalue weighted by atomic mass is 9.92. The Morgan fingerprint density at radius 1 is 0.352 bits per heavy atom. The molecule has 0 saturated carbocycles. The van der Waals surface area contributed by atoms with E-state index in [1.165, 1.54) is 24.3 Å². The van der Waals surface area contributed by atoms with Crippen molar-refractivity contribution in [3.05, 3.63) is 178 Å². The monoisotopic (exact) mass is 690 g/mol. The second-order valence-corrected chi connectivity index (χ2v) is 12.1. The molecule has 6 aromatic carbocycles. The predicted molar refractivity (Wildman–Crippen MR) is 201 cm³/mol. The highest BCUT2D eigenvalue weighted by atomic mass is 16.1. The van der Waals surface area contributed by atoms with Crippen molar-refractivity contribution in [2.24, 2.45) is 0 Å². The summed E-state index contributed by atoms with van der Waals surface area (Å²) in [6, 6.07) is 48.4. The first-order valence-corrected chi connectivity index (χ1v) is 16.4. The maximum Gasteiger partial charge on any atom is 0.337 e. The minimum absolute atomic E-state index is 0.239. The van der Waals surface area contributed by atoms with Crippen molar-refractivity contribution in [3.8, 4) is 92.3 Å². The van der Waals surface area contributed by atoms with Crippen LogP contribution in [-0.2, 0) is 0 Å². The molecule has 0 atom stereocenters. The van der Waals surface area contributed by atoms with Crippen LogP contribution >= 0.6 is 0 Å². The largest absolute Gasteiger partial charge is 0.337 e. The SMILES string of the molecule is N#Cc1cc(C#N)c(-c2ccc(-c3ccc(-n4ccn(-c5ccc(-c6ccc(-c7c(C#N)cc(C#N)cc7C#N)cc6)cc5)c4=O)cc3)cc2)c(C#N)c1. The van der Waals surface area contributed by atoms with Gasteiger partial charge in [-0.3, -0.25) is 9.13 Å². The Balaban J connectivity index is 1.09.